The highest BCUT2D eigenvalue weighted by Gasteiger charge is 2.54. The molecule has 0 unspecified atom stereocenters. The van der Waals surface area contributed by atoms with Crippen LogP contribution in [0.3, 0.4) is 0 Å². The van der Waals surface area contributed by atoms with E-state index in [9.17, 15) is 19.5 Å². The van der Waals surface area contributed by atoms with Crippen LogP contribution in [0.2, 0.25) is 0 Å². The van der Waals surface area contributed by atoms with Crippen LogP contribution in [0.1, 0.15) is 5.56 Å². The number of nitrogens with two attached hydrogens (primary N) is 4. The lowest BCUT2D eigenvalue weighted by Gasteiger charge is -2.49. The number of hydrogen-bond acceptors (Lipinski definition) is 11. The van der Waals surface area contributed by atoms with Crippen molar-refractivity contribution in [2.75, 3.05) is 18.1 Å². The number of amidine groups is 1. The van der Waals surface area contributed by atoms with Crippen LogP contribution in [-0.2, 0) is 20.1 Å². The molecule has 3 heterocycles. The third-order valence-electron chi connectivity index (χ3n) is 5.09. The number of thioether (sulfide) groups is 3. The van der Waals surface area contributed by atoms with Crippen LogP contribution in [0.15, 0.2) is 49.1 Å². The Morgan fingerprint density at radius 1 is 1.31 bits per heavy atom. The first kappa shape index (κ1) is 30.0. The number of guanidine groups is 1. The number of hydrogen-bond donors (Lipinski definition) is 7. The summed E-state index contributed by atoms with van der Waals surface area (Å²) >= 11 is 8.68. The number of aromatic nitrogens is 1. The maximum Gasteiger partial charge on any atom is 0.353 e. The molecule has 39 heavy (non-hydrogen) atoms. The van der Waals surface area contributed by atoms with Gasteiger partial charge in [0.25, 0.3) is 11.8 Å². The molecule has 0 bridgehead atoms. The topological polar surface area (TPSA) is 261 Å². The van der Waals surface area contributed by atoms with Gasteiger partial charge >= 0.3 is 5.97 Å². The third kappa shape index (κ3) is 7.31. The fourth-order valence-corrected chi connectivity index (χ4v) is 7.01. The van der Waals surface area contributed by atoms with Crippen molar-refractivity contribution in [3.8, 4) is 0 Å². The number of carboxylic acid groups (broad SMARTS) is 1. The van der Waals surface area contributed by atoms with E-state index in [1.165, 1.54) is 23.5 Å². The smallest absolute Gasteiger partial charge is 0.353 e. The van der Waals surface area contributed by atoms with Gasteiger partial charge in [0.1, 0.15) is 17.1 Å². The Hall–Kier alpha value is -3.55. The van der Waals surface area contributed by atoms with Gasteiger partial charge in [-0.15, -0.1) is 11.8 Å². The van der Waals surface area contributed by atoms with E-state index in [1.807, 2.05) is 0 Å². The van der Waals surface area contributed by atoms with E-state index in [2.05, 4.69) is 37.7 Å². The van der Waals surface area contributed by atoms with Gasteiger partial charge in [-0.25, -0.2) is 9.79 Å². The van der Waals surface area contributed by atoms with Crippen LogP contribution >= 0.6 is 47.5 Å². The van der Waals surface area contributed by atoms with E-state index < -0.39 is 45.9 Å². The van der Waals surface area contributed by atoms with Crippen molar-refractivity contribution in [1.82, 2.24) is 15.2 Å². The van der Waals surface area contributed by atoms with E-state index in [-0.39, 0.29) is 17.4 Å². The molecular formula is C20H24N10O5S4. The molecule has 15 nitrogen and oxygen atoms in total. The summed E-state index contributed by atoms with van der Waals surface area (Å²) in [6, 6.07) is 0.686. The van der Waals surface area contributed by atoms with Gasteiger partial charge in [0.05, 0.1) is 6.54 Å². The Balaban J connectivity index is 1.75. The highest BCUT2D eigenvalue weighted by Crippen LogP contribution is 2.45. The van der Waals surface area contributed by atoms with Gasteiger partial charge in [-0.2, -0.15) is 11.8 Å². The fraction of sp³-hybridized carbons (Fsp3) is 0.300. The first-order valence-corrected chi connectivity index (χ1v) is 14.3. The summed E-state index contributed by atoms with van der Waals surface area (Å²) in [5.41, 5.74) is 21.5. The number of aliphatic imine (C=N–C) groups is 2. The number of β-lactam (4-membered cyclic amide) rings is 1. The van der Waals surface area contributed by atoms with Crippen molar-refractivity contribution in [2.24, 2.45) is 38.1 Å². The highest BCUT2D eigenvalue weighted by molar-refractivity contribution is 8.06. The van der Waals surface area contributed by atoms with Gasteiger partial charge in [0.2, 0.25) is 5.71 Å². The second kappa shape index (κ2) is 13.5. The van der Waals surface area contributed by atoms with Gasteiger partial charge in [-0.05, 0) is 23.8 Å². The Bertz CT molecular complexity index is 1300. The van der Waals surface area contributed by atoms with Gasteiger partial charge in [-0.1, -0.05) is 16.9 Å². The molecule has 11 N–H and O–H groups in total. The number of oxime groups is 1. The summed E-state index contributed by atoms with van der Waals surface area (Å²) in [5.74, 6) is -1.94. The summed E-state index contributed by atoms with van der Waals surface area (Å²) in [6.07, 6.45) is 3.30. The zero-order valence-electron chi connectivity index (χ0n) is 20.0. The van der Waals surface area contributed by atoms with Crippen LogP contribution in [0.5, 0.6) is 0 Å². The molecule has 19 heteroatoms. The minimum Gasteiger partial charge on any atom is -0.477 e. The van der Waals surface area contributed by atoms with E-state index in [4.69, 9.17) is 28.1 Å². The monoisotopic (exact) mass is 612 g/mol. The molecule has 208 valence electrons. The molecule has 1 aromatic heterocycles. The summed E-state index contributed by atoms with van der Waals surface area (Å²) in [7, 11) is 0. The molecule has 1 fully saturated rings. The standard InChI is InChI=1S/C20H24N10O5S4/c21-14(28-20(24)36)11(29-35)15(31)27-12-16(32)30-13(18(33)34)10(7-38-17(12)30)39-9-1-2-25-5-8(9)6-37-4-3-26-19(22)23/h1-2,5,12,17,35H,3-4,6-7H2,(H,27,31)(H,33,34)(H4,22,23,26)(H4,21,24,28,36)/b29-11-/t12-,17-/m1/s1. The average molecular weight is 613 g/mol. The average Bonchev–Trinajstić information content (AvgIpc) is 2.87. The Labute approximate surface area is 240 Å². The second-order valence-corrected chi connectivity index (χ2v) is 11.4. The molecule has 2 aliphatic rings. The first-order valence-electron chi connectivity index (χ1n) is 10.9. The quantitative estimate of drug-likeness (QED) is 0.0295. The molecule has 0 spiro atoms. The van der Waals surface area contributed by atoms with Crippen molar-refractivity contribution < 1.29 is 24.7 Å². The lowest BCUT2D eigenvalue weighted by molar-refractivity contribution is -0.150. The van der Waals surface area contributed by atoms with Crippen LogP contribution in [0.25, 0.3) is 0 Å². The fourth-order valence-electron chi connectivity index (χ4n) is 3.44. The normalized spacial score (nSPS) is 19.2. The molecule has 0 saturated carbocycles. The van der Waals surface area contributed by atoms with Crippen LogP contribution < -0.4 is 28.3 Å². The first-order chi connectivity index (χ1) is 18.5. The Morgan fingerprint density at radius 2 is 2.05 bits per heavy atom. The number of thiocarbonyl (C=S) groups is 1. The van der Waals surface area contributed by atoms with Gasteiger partial charge in [-0.3, -0.25) is 24.5 Å². The van der Waals surface area contributed by atoms with Gasteiger partial charge < -0.3 is 38.6 Å². The van der Waals surface area contributed by atoms with Gasteiger partial charge in [0, 0.05) is 39.5 Å². The number of carboxylic acids is 1. The summed E-state index contributed by atoms with van der Waals surface area (Å²) in [6.45, 7) is 0.461. The Morgan fingerprint density at radius 3 is 2.69 bits per heavy atom. The molecule has 1 aromatic rings. The molecule has 0 aliphatic carbocycles. The van der Waals surface area contributed by atoms with Crippen LogP contribution in [0, 0.1) is 0 Å². The van der Waals surface area contributed by atoms with Crippen LogP contribution in [0.4, 0.5) is 0 Å². The minimum atomic E-state index is -1.28. The second-order valence-electron chi connectivity index (χ2n) is 7.67. The number of carbonyl (C=O) groups is 3. The molecule has 3 rings (SSSR count). The van der Waals surface area contributed by atoms with E-state index in [1.54, 1.807) is 30.2 Å². The maximum absolute atomic E-state index is 13.0. The molecule has 2 amide bonds. The van der Waals surface area contributed by atoms with Crippen molar-refractivity contribution in [3.63, 3.8) is 0 Å². The maximum atomic E-state index is 13.0. The van der Waals surface area contributed by atoms with E-state index in [0.717, 1.165) is 15.4 Å². The van der Waals surface area contributed by atoms with Crippen molar-refractivity contribution in [3.05, 3.63) is 34.6 Å². The predicted octanol–water partition coefficient (Wildman–Crippen LogP) is -1.19. The number of nitrogens with one attached hydrogen (secondary N) is 1. The summed E-state index contributed by atoms with van der Waals surface area (Å²) in [5, 5.41) is 23.3. The molecule has 2 atom stereocenters. The number of aliphatic carboxylic acids is 1. The van der Waals surface area contributed by atoms with Crippen molar-refractivity contribution in [2.45, 2.75) is 22.1 Å². The van der Waals surface area contributed by atoms with E-state index in [0.29, 0.717) is 23.0 Å². The van der Waals surface area contributed by atoms with Crippen molar-refractivity contribution >= 4 is 87.9 Å². The Kier molecular flexibility index (Phi) is 10.4. The zero-order chi connectivity index (χ0) is 28.7. The molecule has 1 saturated heterocycles. The summed E-state index contributed by atoms with van der Waals surface area (Å²) in [4.78, 5) is 51.7. The molecule has 2 aliphatic heterocycles. The minimum absolute atomic E-state index is 0.0213. The number of pyridine rings is 1. The number of amides is 2. The summed E-state index contributed by atoms with van der Waals surface area (Å²) < 4.78 is 0. The van der Waals surface area contributed by atoms with Crippen molar-refractivity contribution in [1.29, 1.82) is 0 Å². The number of nitrogens with zero attached hydrogens (tertiary/aromatic N) is 5. The molecular weight excluding hydrogens is 589 g/mol. The largest absolute Gasteiger partial charge is 0.477 e. The third-order valence-corrected chi connectivity index (χ3v) is 8.83. The zero-order valence-corrected chi connectivity index (χ0v) is 23.3. The number of rotatable bonds is 11. The lowest BCUT2D eigenvalue weighted by Crippen LogP contribution is -2.71. The van der Waals surface area contributed by atoms with E-state index >= 15 is 0 Å². The lowest BCUT2D eigenvalue weighted by atomic mass is 10.0. The predicted molar refractivity (Wildman–Crippen MR) is 154 cm³/mol. The number of fused-ring (bicyclic) bond motifs is 1. The SMILES string of the molecule is NC(=S)/N=C(N)/C(=N/O)C(=O)N[C@@H]1C(=O)N2C(C(=O)O)=C(Sc3ccncc3CSCCN=C(N)N)CS[C@H]12. The molecule has 0 aromatic carbocycles. The molecule has 0 radical (unpaired) electrons. The van der Waals surface area contributed by atoms with Crippen LogP contribution in [-0.4, -0.2) is 90.1 Å². The highest BCUT2D eigenvalue weighted by atomic mass is 32.2. The number of carbonyl (C=O) groups excluding carboxylic acids is 2. The van der Waals surface area contributed by atoms with Gasteiger partial charge in [0.15, 0.2) is 16.9 Å².